The van der Waals surface area contributed by atoms with E-state index in [2.05, 4.69) is 36.3 Å². The highest BCUT2D eigenvalue weighted by molar-refractivity contribution is 9.10. The Morgan fingerprint density at radius 1 is 1.30 bits per heavy atom. The average molecular weight is 339 g/mol. The molecule has 1 heterocycles. The van der Waals surface area contributed by atoms with Crippen molar-refractivity contribution in [3.05, 3.63) is 34.3 Å². The van der Waals surface area contributed by atoms with Gasteiger partial charge in [-0.05, 0) is 17.7 Å². The lowest BCUT2D eigenvalue weighted by Crippen LogP contribution is -2.18. The number of nitrogens with one attached hydrogen (secondary N) is 1. The van der Waals surface area contributed by atoms with Crippen LogP contribution in [0, 0.1) is 0 Å². The number of hydrogen-bond donors (Lipinski definition) is 2. The molecule has 0 amide bonds. The summed E-state index contributed by atoms with van der Waals surface area (Å²) < 4.78 is 6.57. The quantitative estimate of drug-likeness (QED) is 0.631. The molecular weight excluding hydrogens is 324 g/mol. The molecule has 0 spiro atoms. The van der Waals surface area contributed by atoms with Crippen LogP contribution in [0.15, 0.2) is 28.7 Å². The molecule has 0 bridgehead atoms. The van der Waals surface area contributed by atoms with E-state index in [9.17, 15) is 0 Å². The number of aromatic nitrogens is 3. The molecule has 0 atom stereocenters. The van der Waals surface area contributed by atoms with Crippen LogP contribution >= 0.6 is 15.9 Å². The van der Waals surface area contributed by atoms with E-state index < -0.39 is 0 Å². The summed E-state index contributed by atoms with van der Waals surface area (Å²) in [6, 6.07) is 8.04. The molecule has 0 fully saturated rings. The van der Waals surface area contributed by atoms with E-state index >= 15 is 0 Å². The molecule has 20 heavy (non-hydrogen) atoms. The van der Waals surface area contributed by atoms with Crippen LogP contribution in [0.4, 0.5) is 11.9 Å². The number of nitrogens with zero attached hydrogens (tertiary/aromatic N) is 4. The van der Waals surface area contributed by atoms with Crippen LogP contribution in [-0.2, 0) is 6.61 Å². The topological polar surface area (TPSA) is 89.2 Å². The third kappa shape index (κ3) is 3.78. The normalized spacial score (nSPS) is 10.2. The molecule has 0 unspecified atom stereocenters. The molecule has 8 heteroatoms. The minimum absolute atomic E-state index is 0.219. The molecule has 2 rings (SSSR count). The molecule has 1 aromatic heterocycles. The van der Waals surface area contributed by atoms with Gasteiger partial charge in [-0.15, -0.1) is 0 Å². The second kappa shape index (κ2) is 6.49. The summed E-state index contributed by atoms with van der Waals surface area (Å²) in [6.07, 6.45) is 0. The number of benzene rings is 1. The molecule has 7 nitrogen and oxygen atoms in total. The maximum absolute atomic E-state index is 5.58. The largest absolute Gasteiger partial charge is 0.458 e. The number of nitrogens with two attached hydrogens (primary N) is 1. The smallest absolute Gasteiger partial charge is 0.323 e. The summed E-state index contributed by atoms with van der Waals surface area (Å²) >= 11 is 3.41. The maximum Gasteiger partial charge on any atom is 0.323 e. The average Bonchev–Trinajstić information content (AvgIpc) is 2.45. The highest BCUT2D eigenvalue weighted by Crippen LogP contribution is 2.16. The molecule has 1 aromatic carbocycles. The molecule has 0 aliphatic carbocycles. The van der Waals surface area contributed by atoms with Gasteiger partial charge in [-0.1, -0.05) is 28.1 Å². The lowest BCUT2D eigenvalue weighted by molar-refractivity contribution is 0.280. The number of ether oxygens (including phenoxy) is 1. The Labute approximate surface area is 125 Å². The number of rotatable bonds is 5. The Balaban J connectivity index is 2.14. The molecule has 3 N–H and O–H groups in total. The lowest BCUT2D eigenvalue weighted by atomic mass is 10.2. The van der Waals surface area contributed by atoms with Crippen LogP contribution in [0.1, 0.15) is 5.56 Å². The van der Waals surface area contributed by atoms with Crippen LogP contribution in [0.25, 0.3) is 0 Å². The second-order valence-electron chi connectivity index (χ2n) is 4.20. The fourth-order valence-corrected chi connectivity index (χ4v) is 1.90. The summed E-state index contributed by atoms with van der Waals surface area (Å²) in [6.45, 7) is 0.361. The van der Waals surface area contributed by atoms with Gasteiger partial charge in [0.25, 0.3) is 0 Å². The summed E-state index contributed by atoms with van der Waals surface area (Å²) in [7, 11) is 3.65. The van der Waals surface area contributed by atoms with Gasteiger partial charge in [-0.2, -0.15) is 15.0 Å². The molecule has 0 saturated heterocycles. The van der Waals surface area contributed by atoms with Gasteiger partial charge in [0.1, 0.15) is 6.61 Å². The van der Waals surface area contributed by atoms with Gasteiger partial charge >= 0.3 is 6.01 Å². The van der Waals surface area contributed by atoms with Crippen molar-refractivity contribution in [1.29, 1.82) is 0 Å². The molecule has 0 aliphatic heterocycles. The number of anilines is 2. The predicted octanol–water partition coefficient (Wildman–Crippen LogP) is 1.56. The first-order valence-corrected chi connectivity index (χ1v) is 6.65. The van der Waals surface area contributed by atoms with E-state index in [1.54, 1.807) is 4.90 Å². The third-order valence-electron chi connectivity index (χ3n) is 2.39. The summed E-state index contributed by atoms with van der Waals surface area (Å²) in [4.78, 5) is 14.1. The summed E-state index contributed by atoms with van der Waals surface area (Å²) in [5.74, 6) is 6.06. The minimum Gasteiger partial charge on any atom is -0.458 e. The third-order valence-corrected chi connectivity index (χ3v) is 2.88. The maximum atomic E-state index is 5.58. The minimum atomic E-state index is 0.219. The zero-order chi connectivity index (χ0) is 14.5. The van der Waals surface area contributed by atoms with Crippen LogP contribution < -0.4 is 20.9 Å². The Bertz CT molecular complexity index is 592. The molecule has 106 valence electrons. The van der Waals surface area contributed by atoms with Gasteiger partial charge in [0.2, 0.25) is 11.9 Å². The van der Waals surface area contributed by atoms with Crippen molar-refractivity contribution in [2.24, 2.45) is 5.84 Å². The molecular formula is C12H15BrN6O. The van der Waals surface area contributed by atoms with Gasteiger partial charge in [0.05, 0.1) is 0 Å². The van der Waals surface area contributed by atoms with Crippen molar-refractivity contribution in [3.8, 4) is 6.01 Å². The second-order valence-corrected chi connectivity index (χ2v) is 5.11. The van der Waals surface area contributed by atoms with Gasteiger partial charge in [0, 0.05) is 18.6 Å². The van der Waals surface area contributed by atoms with E-state index in [4.69, 9.17) is 10.6 Å². The number of hydrogen-bond acceptors (Lipinski definition) is 7. The molecule has 2 aromatic rings. The van der Waals surface area contributed by atoms with Crippen molar-refractivity contribution in [1.82, 2.24) is 15.0 Å². The fraction of sp³-hybridized carbons (Fsp3) is 0.250. The highest BCUT2D eigenvalue weighted by Gasteiger charge is 2.08. The van der Waals surface area contributed by atoms with Crippen molar-refractivity contribution < 1.29 is 4.74 Å². The van der Waals surface area contributed by atoms with Crippen molar-refractivity contribution in [2.45, 2.75) is 6.61 Å². The van der Waals surface area contributed by atoms with Crippen LogP contribution in [0.3, 0.4) is 0 Å². The molecule has 0 saturated carbocycles. The molecule has 0 aliphatic rings. The first-order chi connectivity index (χ1) is 9.58. The van der Waals surface area contributed by atoms with Crippen molar-refractivity contribution >= 4 is 27.8 Å². The van der Waals surface area contributed by atoms with Crippen molar-refractivity contribution in [2.75, 3.05) is 24.4 Å². The lowest BCUT2D eigenvalue weighted by Gasteiger charge is -2.12. The zero-order valence-corrected chi connectivity index (χ0v) is 12.8. The number of halogens is 1. The standard InChI is InChI=1S/C12H15BrN6O/c1-19(2)11-15-10(18-14)16-12(17-11)20-7-8-4-3-5-9(13)6-8/h3-6H,7,14H2,1-2H3,(H,15,16,17,18). The Morgan fingerprint density at radius 3 is 2.75 bits per heavy atom. The van der Waals surface area contributed by atoms with E-state index in [1.807, 2.05) is 38.4 Å². The van der Waals surface area contributed by atoms with E-state index in [0.717, 1.165) is 10.0 Å². The van der Waals surface area contributed by atoms with Gasteiger partial charge in [-0.25, -0.2) is 5.84 Å². The summed E-state index contributed by atoms with van der Waals surface area (Å²) in [5, 5.41) is 0. The Kier molecular flexibility index (Phi) is 4.70. The van der Waals surface area contributed by atoms with Crippen molar-refractivity contribution in [3.63, 3.8) is 0 Å². The number of nitrogen functional groups attached to an aromatic ring is 1. The summed E-state index contributed by atoms with van der Waals surface area (Å²) in [5.41, 5.74) is 3.40. The highest BCUT2D eigenvalue weighted by atomic mass is 79.9. The first kappa shape index (κ1) is 14.5. The Morgan fingerprint density at radius 2 is 2.10 bits per heavy atom. The van der Waals surface area contributed by atoms with Crippen LogP contribution in [0.5, 0.6) is 6.01 Å². The van der Waals surface area contributed by atoms with Gasteiger partial charge in [-0.3, -0.25) is 5.43 Å². The van der Waals surface area contributed by atoms with Crippen LogP contribution in [0.2, 0.25) is 0 Å². The van der Waals surface area contributed by atoms with E-state index in [0.29, 0.717) is 12.6 Å². The van der Waals surface area contributed by atoms with Gasteiger partial charge < -0.3 is 9.64 Å². The molecule has 0 radical (unpaired) electrons. The van der Waals surface area contributed by atoms with E-state index in [-0.39, 0.29) is 12.0 Å². The van der Waals surface area contributed by atoms with Crippen LogP contribution in [-0.4, -0.2) is 29.0 Å². The van der Waals surface area contributed by atoms with E-state index in [1.165, 1.54) is 0 Å². The SMILES string of the molecule is CN(C)c1nc(NN)nc(OCc2cccc(Br)c2)n1. The fourth-order valence-electron chi connectivity index (χ4n) is 1.45. The Hall–Kier alpha value is -1.93. The zero-order valence-electron chi connectivity index (χ0n) is 11.2. The first-order valence-electron chi connectivity index (χ1n) is 5.86. The van der Waals surface area contributed by atoms with Gasteiger partial charge in [0.15, 0.2) is 0 Å². The predicted molar refractivity (Wildman–Crippen MR) is 80.4 cm³/mol. The number of hydrazine groups is 1. The monoisotopic (exact) mass is 338 g/mol.